The molecule has 1 atom stereocenters. The van der Waals surface area contributed by atoms with Crippen LogP contribution < -0.4 is 10.1 Å². The number of urea groups is 1. The molecule has 7 nitrogen and oxygen atoms in total. The van der Waals surface area contributed by atoms with Crippen molar-refractivity contribution in [1.29, 1.82) is 0 Å². The van der Waals surface area contributed by atoms with Gasteiger partial charge in [-0.15, -0.1) is 0 Å². The number of nitrogens with zero attached hydrogens (tertiary/aromatic N) is 4. The van der Waals surface area contributed by atoms with Crippen molar-refractivity contribution >= 4 is 6.03 Å². The van der Waals surface area contributed by atoms with Crippen LogP contribution in [0.1, 0.15) is 24.1 Å². The maximum absolute atomic E-state index is 12.4. The molecule has 0 saturated heterocycles. The van der Waals surface area contributed by atoms with E-state index >= 15 is 0 Å². The molecule has 0 aliphatic carbocycles. The summed E-state index contributed by atoms with van der Waals surface area (Å²) in [6.07, 6.45) is 3.15. The van der Waals surface area contributed by atoms with Crippen molar-refractivity contribution in [2.24, 2.45) is 0 Å². The Balaban J connectivity index is 1.48. The number of hydrogen-bond donors (Lipinski definition) is 1. The van der Waals surface area contributed by atoms with E-state index in [-0.39, 0.29) is 12.1 Å². The number of ether oxygens (including phenoxy) is 1. The van der Waals surface area contributed by atoms with Gasteiger partial charge in [-0.25, -0.2) is 14.5 Å². The van der Waals surface area contributed by atoms with Crippen molar-refractivity contribution in [2.45, 2.75) is 19.9 Å². The Morgan fingerprint density at radius 3 is 2.71 bits per heavy atom. The summed E-state index contributed by atoms with van der Waals surface area (Å²) in [6, 6.07) is 15.5. The molecule has 2 amide bonds. The fourth-order valence-electron chi connectivity index (χ4n) is 2.80. The van der Waals surface area contributed by atoms with Gasteiger partial charge in [0.05, 0.1) is 18.3 Å². The fourth-order valence-corrected chi connectivity index (χ4v) is 2.80. The zero-order chi connectivity index (χ0) is 19.9. The summed E-state index contributed by atoms with van der Waals surface area (Å²) in [5.41, 5.74) is 3.11. The van der Waals surface area contributed by atoms with Crippen LogP contribution in [-0.4, -0.2) is 45.9 Å². The first-order valence-corrected chi connectivity index (χ1v) is 9.19. The van der Waals surface area contributed by atoms with Crippen LogP contribution in [-0.2, 0) is 0 Å². The van der Waals surface area contributed by atoms with Crippen LogP contribution in [0.2, 0.25) is 0 Å². The molecular formula is C21H25N5O2. The summed E-state index contributed by atoms with van der Waals surface area (Å²) < 4.78 is 7.36. The number of aromatic nitrogens is 3. The first kappa shape index (κ1) is 19.4. The Morgan fingerprint density at radius 2 is 2.04 bits per heavy atom. The summed E-state index contributed by atoms with van der Waals surface area (Å²) in [6.45, 7) is 4.87. The van der Waals surface area contributed by atoms with E-state index in [2.05, 4.69) is 15.4 Å². The van der Waals surface area contributed by atoms with Gasteiger partial charge in [0.15, 0.2) is 0 Å². The maximum atomic E-state index is 12.4. The van der Waals surface area contributed by atoms with Gasteiger partial charge in [0.25, 0.3) is 0 Å². The Hall–Kier alpha value is -3.35. The lowest BCUT2D eigenvalue weighted by Crippen LogP contribution is -2.40. The Kier molecular flexibility index (Phi) is 6.26. The highest BCUT2D eigenvalue weighted by Gasteiger charge is 2.17. The number of carbonyl (C=O) groups is 1. The standard InChI is InChI=1S/C21H25N5O2/c1-16-5-4-6-20(13-16)28-12-11-23-21(27)25(3)17(2)18-7-9-19(10-8-18)26-15-22-14-24-26/h4-10,13-15,17H,11-12H2,1-3H3,(H,23,27). The number of nitrogens with one attached hydrogen (secondary N) is 1. The average molecular weight is 379 g/mol. The summed E-state index contributed by atoms with van der Waals surface area (Å²) in [5.74, 6) is 0.809. The van der Waals surface area contributed by atoms with E-state index in [4.69, 9.17) is 4.74 Å². The molecule has 146 valence electrons. The van der Waals surface area contributed by atoms with Gasteiger partial charge in [-0.2, -0.15) is 5.10 Å². The highest BCUT2D eigenvalue weighted by atomic mass is 16.5. The van der Waals surface area contributed by atoms with E-state index in [0.717, 1.165) is 22.6 Å². The number of rotatable bonds is 7. The van der Waals surface area contributed by atoms with Gasteiger partial charge in [0.2, 0.25) is 0 Å². The topological polar surface area (TPSA) is 72.3 Å². The Labute approximate surface area is 165 Å². The SMILES string of the molecule is Cc1cccc(OCCNC(=O)N(C)C(C)c2ccc(-n3cncn3)cc2)c1. The third kappa shape index (κ3) is 4.88. The molecule has 2 aromatic carbocycles. The number of benzene rings is 2. The summed E-state index contributed by atoms with van der Waals surface area (Å²) in [5, 5.41) is 7.00. The molecule has 0 bridgehead atoms. The van der Waals surface area contributed by atoms with Crippen molar-refractivity contribution in [3.8, 4) is 11.4 Å². The van der Waals surface area contributed by atoms with Crippen molar-refractivity contribution in [2.75, 3.05) is 20.2 Å². The van der Waals surface area contributed by atoms with Crippen LogP contribution in [0.15, 0.2) is 61.2 Å². The van der Waals surface area contributed by atoms with Gasteiger partial charge in [-0.05, 0) is 49.2 Å². The van der Waals surface area contributed by atoms with Crippen LogP contribution in [0.3, 0.4) is 0 Å². The van der Waals surface area contributed by atoms with Crippen molar-refractivity contribution in [3.05, 3.63) is 72.3 Å². The molecule has 3 rings (SSSR count). The largest absolute Gasteiger partial charge is 0.492 e. The summed E-state index contributed by atoms with van der Waals surface area (Å²) in [7, 11) is 1.78. The van der Waals surface area contributed by atoms with E-state index in [1.807, 2.05) is 62.4 Å². The predicted octanol–water partition coefficient (Wildman–Crippen LogP) is 3.36. The van der Waals surface area contributed by atoms with Gasteiger partial charge in [-0.3, -0.25) is 0 Å². The molecule has 7 heteroatoms. The number of hydrogen-bond acceptors (Lipinski definition) is 4. The quantitative estimate of drug-likeness (QED) is 0.639. The fraction of sp³-hybridized carbons (Fsp3) is 0.286. The van der Waals surface area contributed by atoms with Gasteiger partial charge in [0.1, 0.15) is 25.0 Å². The second-order valence-electron chi connectivity index (χ2n) is 6.62. The lowest BCUT2D eigenvalue weighted by molar-refractivity contribution is 0.191. The third-order valence-electron chi connectivity index (χ3n) is 4.60. The minimum absolute atomic E-state index is 0.0671. The second-order valence-corrected chi connectivity index (χ2v) is 6.62. The Morgan fingerprint density at radius 1 is 1.25 bits per heavy atom. The van der Waals surface area contributed by atoms with Gasteiger partial charge in [0, 0.05) is 7.05 Å². The molecule has 1 heterocycles. The van der Waals surface area contributed by atoms with E-state index in [1.54, 1.807) is 23.0 Å². The monoisotopic (exact) mass is 379 g/mol. The first-order chi connectivity index (χ1) is 13.5. The second kappa shape index (κ2) is 9.03. The third-order valence-corrected chi connectivity index (χ3v) is 4.60. The Bertz CT molecular complexity index is 893. The number of amides is 2. The van der Waals surface area contributed by atoms with E-state index < -0.39 is 0 Å². The minimum Gasteiger partial charge on any atom is -0.492 e. The molecule has 0 fully saturated rings. The molecule has 1 aromatic heterocycles. The zero-order valence-electron chi connectivity index (χ0n) is 16.4. The van der Waals surface area contributed by atoms with Gasteiger partial charge in [-0.1, -0.05) is 24.3 Å². The smallest absolute Gasteiger partial charge is 0.317 e. The molecule has 0 aliphatic rings. The molecule has 0 radical (unpaired) electrons. The number of carbonyl (C=O) groups excluding carboxylic acids is 1. The lowest BCUT2D eigenvalue weighted by Gasteiger charge is -2.25. The molecule has 1 unspecified atom stereocenters. The predicted molar refractivity (Wildman–Crippen MR) is 108 cm³/mol. The van der Waals surface area contributed by atoms with E-state index in [0.29, 0.717) is 13.2 Å². The highest BCUT2D eigenvalue weighted by molar-refractivity contribution is 5.74. The van der Waals surface area contributed by atoms with Crippen molar-refractivity contribution < 1.29 is 9.53 Å². The van der Waals surface area contributed by atoms with Crippen molar-refractivity contribution in [3.63, 3.8) is 0 Å². The zero-order valence-corrected chi connectivity index (χ0v) is 16.4. The van der Waals surface area contributed by atoms with E-state index in [1.165, 1.54) is 6.33 Å². The molecule has 0 aliphatic heterocycles. The normalized spacial score (nSPS) is 11.7. The maximum Gasteiger partial charge on any atom is 0.317 e. The number of aryl methyl sites for hydroxylation is 1. The van der Waals surface area contributed by atoms with E-state index in [9.17, 15) is 4.79 Å². The van der Waals surface area contributed by atoms with Crippen LogP contribution in [0.5, 0.6) is 5.75 Å². The molecule has 28 heavy (non-hydrogen) atoms. The average Bonchev–Trinajstić information content (AvgIpc) is 3.25. The van der Waals surface area contributed by atoms with Crippen LogP contribution in [0.4, 0.5) is 4.79 Å². The van der Waals surface area contributed by atoms with Crippen LogP contribution in [0.25, 0.3) is 5.69 Å². The van der Waals surface area contributed by atoms with Crippen LogP contribution >= 0.6 is 0 Å². The molecular weight excluding hydrogens is 354 g/mol. The summed E-state index contributed by atoms with van der Waals surface area (Å²) in [4.78, 5) is 18.0. The van der Waals surface area contributed by atoms with Crippen molar-refractivity contribution in [1.82, 2.24) is 25.0 Å². The molecule has 0 saturated carbocycles. The molecule has 1 N–H and O–H groups in total. The first-order valence-electron chi connectivity index (χ1n) is 9.19. The van der Waals surface area contributed by atoms with Gasteiger partial charge >= 0.3 is 6.03 Å². The van der Waals surface area contributed by atoms with Gasteiger partial charge < -0.3 is 15.0 Å². The minimum atomic E-state index is -0.138. The highest BCUT2D eigenvalue weighted by Crippen LogP contribution is 2.20. The van der Waals surface area contributed by atoms with Crippen LogP contribution in [0, 0.1) is 6.92 Å². The molecule has 3 aromatic rings. The molecule has 0 spiro atoms. The lowest BCUT2D eigenvalue weighted by atomic mass is 10.1. The summed E-state index contributed by atoms with van der Waals surface area (Å²) >= 11 is 0.